The van der Waals surface area contributed by atoms with Crippen LogP contribution in [0.4, 0.5) is 5.69 Å². The van der Waals surface area contributed by atoms with Gasteiger partial charge in [-0.05, 0) is 42.0 Å². The smallest absolute Gasteiger partial charge is 0.249 e. The molecule has 7 nitrogen and oxygen atoms in total. The van der Waals surface area contributed by atoms with Crippen molar-refractivity contribution in [3.63, 3.8) is 0 Å². The molecule has 0 aromatic heterocycles. The summed E-state index contributed by atoms with van der Waals surface area (Å²) in [6.45, 7) is 3.25. The summed E-state index contributed by atoms with van der Waals surface area (Å²) < 4.78 is 10.6. The predicted molar refractivity (Wildman–Crippen MR) is 118 cm³/mol. The first kappa shape index (κ1) is 21.5. The molecule has 2 saturated heterocycles. The number of benzene rings is 2. The van der Waals surface area contributed by atoms with Crippen molar-refractivity contribution in [2.24, 2.45) is 0 Å². The number of methoxy groups -OCH3 is 1. The van der Waals surface area contributed by atoms with E-state index in [1.165, 1.54) is 0 Å². The number of carbonyl (C=O) groups is 2. The zero-order valence-corrected chi connectivity index (χ0v) is 18.3. The van der Waals surface area contributed by atoms with Gasteiger partial charge in [-0.1, -0.05) is 23.7 Å². The molecule has 0 unspecified atom stereocenters. The Labute approximate surface area is 187 Å². The van der Waals surface area contributed by atoms with E-state index in [0.29, 0.717) is 24.7 Å². The fourth-order valence-corrected chi connectivity index (χ4v) is 4.11. The molecule has 164 valence electrons. The Hall–Kier alpha value is -2.77. The quantitative estimate of drug-likeness (QED) is 0.710. The van der Waals surface area contributed by atoms with Crippen LogP contribution in [0.3, 0.4) is 0 Å². The molecule has 4 rings (SSSR count). The van der Waals surface area contributed by atoms with Gasteiger partial charge >= 0.3 is 0 Å². The first-order valence-corrected chi connectivity index (χ1v) is 10.7. The van der Waals surface area contributed by atoms with Crippen molar-refractivity contribution in [1.82, 2.24) is 9.80 Å². The molecular formula is C23H26ClN3O4. The highest BCUT2D eigenvalue weighted by atomic mass is 35.5. The molecule has 0 spiro atoms. The first-order valence-electron chi connectivity index (χ1n) is 10.3. The van der Waals surface area contributed by atoms with Gasteiger partial charge < -0.3 is 24.2 Å². The molecular weight excluding hydrogens is 418 g/mol. The van der Waals surface area contributed by atoms with Crippen LogP contribution in [0, 0.1) is 0 Å². The molecule has 2 aliphatic heterocycles. The second kappa shape index (κ2) is 9.58. The maximum absolute atomic E-state index is 13.3. The Morgan fingerprint density at radius 1 is 1.06 bits per heavy atom. The number of morpholine rings is 1. The third-order valence-corrected chi connectivity index (χ3v) is 6.03. The van der Waals surface area contributed by atoms with Crippen LogP contribution in [-0.2, 0) is 20.9 Å². The van der Waals surface area contributed by atoms with E-state index in [1.807, 2.05) is 53.4 Å². The lowest BCUT2D eigenvalue weighted by Crippen LogP contribution is -2.59. The number of rotatable bonds is 5. The van der Waals surface area contributed by atoms with Crippen LogP contribution in [0.15, 0.2) is 48.5 Å². The average Bonchev–Trinajstić information content (AvgIpc) is 2.81. The van der Waals surface area contributed by atoms with Crippen molar-refractivity contribution >= 4 is 29.1 Å². The fourth-order valence-electron chi connectivity index (χ4n) is 3.98. The molecule has 8 heteroatoms. The Kier molecular flexibility index (Phi) is 6.63. The molecule has 0 aliphatic carbocycles. The van der Waals surface area contributed by atoms with Gasteiger partial charge in [-0.3, -0.25) is 9.59 Å². The molecule has 2 heterocycles. The monoisotopic (exact) mass is 443 g/mol. The summed E-state index contributed by atoms with van der Waals surface area (Å²) >= 11 is 5.98. The van der Waals surface area contributed by atoms with E-state index >= 15 is 0 Å². The standard InChI is InChI=1S/C23H26ClN3O4/c1-30-20-8-2-17(3-9-20)14-27-21(15-31-16-22(27)28)23(29)26-12-10-25(11-13-26)19-6-4-18(24)5-7-19/h2-9,21H,10-16H2,1H3/t21-/m0/s1. The van der Waals surface area contributed by atoms with Gasteiger partial charge in [0, 0.05) is 43.4 Å². The number of hydrogen-bond acceptors (Lipinski definition) is 5. The molecule has 2 aliphatic rings. The normalized spacial score (nSPS) is 19.5. The maximum Gasteiger partial charge on any atom is 0.249 e. The summed E-state index contributed by atoms with van der Waals surface area (Å²) in [5, 5.41) is 0.705. The lowest BCUT2D eigenvalue weighted by molar-refractivity contribution is -0.160. The van der Waals surface area contributed by atoms with Gasteiger partial charge in [-0.25, -0.2) is 0 Å². The summed E-state index contributed by atoms with van der Waals surface area (Å²) in [6, 6.07) is 14.6. The number of nitrogens with zero attached hydrogens (tertiary/aromatic N) is 3. The number of carbonyl (C=O) groups excluding carboxylic acids is 2. The average molecular weight is 444 g/mol. The third kappa shape index (κ3) is 4.94. The Morgan fingerprint density at radius 2 is 1.74 bits per heavy atom. The van der Waals surface area contributed by atoms with Gasteiger partial charge in [0.25, 0.3) is 0 Å². The molecule has 2 fully saturated rings. The number of halogens is 1. The van der Waals surface area contributed by atoms with Gasteiger partial charge in [0.2, 0.25) is 11.8 Å². The van der Waals surface area contributed by atoms with Crippen molar-refractivity contribution < 1.29 is 19.1 Å². The predicted octanol–water partition coefficient (Wildman–Crippen LogP) is 2.42. The van der Waals surface area contributed by atoms with Gasteiger partial charge in [-0.15, -0.1) is 0 Å². The third-order valence-electron chi connectivity index (χ3n) is 5.78. The molecule has 0 radical (unpaired) electrons. The Bertz CT molecular complexity index is 911. The summed E-state index contributed by atoms with van der Waals surface area (Å²) in [7, 11) is 1.61. The van der Waals surface area contributed by atoms with Gasteiger partial charge in [0.1, 0.15) is 18.4 Å². The van der Waals surface area contributed by atoms with Crippen LogP contribution in [0.25, 0.3) is 0 Å². The van der Waals surface area contributed by atoms with Crippen LogP contribution in [0.5, 0.6) is 5.75 Å². The van der Waals surface area contributed by atoms with Crippen molar-refractivity contribution in [3.05, 3.63) is 59.1 Å². The number of ether oxygens (including phenoxy) is 2. The second-order valence-corrected chi connectivity index (χ2v) is 8.13. The van der Waals surface area contributed by atoms with Crippen molar-refractivity contribution in [3.8, 4) is 5.75 Å². The molecule has 31 heavy (non-hydrogen) atoms. The second-order valence-electron chi connectivity index (χ2n) is 7.69. The lowest BCUT2D eigenvalue weighted by atomic mass is 10.1. The molecule has 2 amide bonds. The minimum atomic E-state index is -0.606. The topological polar surface area (TPSA) is 62.3 Å². The largest absolute Gasteiger partial charge is 0.497 e. The van der Waals surface area contributed by atoms with Gasteiger partial charge in [0.15, 0.2) is 0 Å². The highest BCUT2D eigenvalue weighted by molar-refractivity contribution is 6.30. The van der Waals surface area contributed by atoms with Crippen LogP contribution in [0.1, 0.15) is 5.56 Å². The molecule has 1 atom stereocenters. The summed E-state index contributed by atoms with van der Waals surface area (Å²) in [5.41, 5.74) is 2.04. The fraction of sp³-hybridized carbons (Fsp3) is 0.391. The van der Waals surface area contributed by atoms with E-state index in [1.54, 1.807) is 12.0 Å². The van der Waals surface area contributed by atoms with Gasteiger partial charge in [-0.2, -0.15) is 0 Å². The van der Waals surface area contributed by atoms with Crippen molar-refractivity contribution in [2.45, 2.75) is 12.6 Å². The molecule has 0 saturated carbocycles. The van der Waals surface area contributed by atoms with E-state index in [-0.39, 0.29) is 25.0 Å². The maximum atomic E-state index is 13.3. The zero-order chi connectivity index (χ0) is 21.8. The minimum absolute atomic E-state index is 0.00425. The molecule has 0 bridgehead atoms. The summed E-state index contributed by atoms with van der Waals surface area (Å²) in [6.07, 6.45) is 0. The minimum Gasteiger partial charge on any atom is -0.497 e. The highest BCUT2D eigenvalue weighted by Crippen LogP contribution is 2.22. The van der Waals surface area contributed by atoms with Crippen LogP contribution in [-0.4, -0.2) is 74.2 Å². The van der Waals surface area contributed by atoms with E-state index in [9.17, 15) is 9.59 Å². The number of piperazine rings is 1. The van der Waals surface area contributed by atoms with E-state index in [4.69, 9.17) is 21.1 Å². The number of hydrogen-bond donors (Lipinski definition) is 0. The number of amides is 2. The van der Waals surface area contributed by atoms with Crippen LogP contribution >= 0.6 is 11.6 Å². The van der Waals surface area contributed by atoms with E-state index in [2.05, 4.69) is 4.90 Å². The Morgan fingerprint density at radius 3 is 2.39 bits per heavy atom. The van der Waals surface area contributed by atoms with Crippen molar-refractivity contribution in [2.75, 3.05) is 51.4 Å². The molecule has 0 N–H and O–H groups in total. The molecule has 2 aromatic carbocycles. The highest BCUT2D eigenvalue weighted by Gasteiger charge is 2.37. The Balaban J connectivity index is 1.40. The first-order chi connectivity index (χ1) is 15.0. The van der Waals surface area contributed by atoms with Crippen LogP contribution in [0.2, 0.25) is 5.02 Å². The van der Waals surface area contributed by atoms with E-state index < -0.39 is 6.04 Å². The number of anilines is 1. The zero-order valence-electron chi connectivity index (χ0n) is 17.5. The van der Waals surface area contributed by atoms with E-state index in [0.717, 1.165) is 30.1 Å². The lowest BCUT2D eigenvalue weighted by Gasteiger charge is -2.41. The van der Waals surface area contributed by atoms with Crippen LogP contribution < -0.4 is 9.64 Å². The van der Waals surface area contributed by atoms with Crippen molar-refractivity contribution in [1.29, 1.82) is 0 Å². The summed E-state index contributed by atoms with van der Waals surface area (Å²) in [5.74, 6) is 0.528. The van der Waals surface area contributed by atoms with Gasteiger partial charge in [0.05, 0.1) is 13.7 Å². The summed E-state index contributed by atoms with van der Waals surface area (Å²) in [4.78, 5) is 31.6. The molecule has 2 aromatic rings. The SMILES string of the molecule is COc1ccc(CN2C(=O)COC[C@H]2C(=O)N2CCN(c3ccc(Cl)cc3)CC2)cc1.